The molecule has 110 valence electrons. The van der Waals surface area contributed by atoms with Gasteiger partial charge in [0, 0.05) is 10.0 Å². The number of fused-ring (bicyclic) bond motifs is 1. The van der Waals surface area contributed by atoms with E-state index in [1.807, 2.05) is 24.3 Å². The summed E-state index contributed by atoms with van der Waals surface area (Å²) in [6, 6.07) is 10.9. The Bertz CT molecular complexity index is 677. The quantitative estimate of drug-likeness (QED) is 0.783. The van der Waals surface area contributed by atoms with Gasteiger partial charge in [-0.2, -0.15) is 0 Å². The molecule has 2 aromatic carbocycles. The maximum atomic E-state index is 14.3. The molecule has 0 amide bonds. The Balaban J connectivity index is 2.01. The molecule has 1 N–H and O–H groups in total. The minimum absolute atomic E-state index is 0.0318. The van der Waals surface area contributed by atoms with Crippen LogP contribution in [0.1, 0.15) is 28.9 Å². The number of halogens is 3. The smallest absolute Gasteiger partial charge is 0.148 e. The van der Waals surface area contributed by atoms with Crippen molar-refractivity contribution in [3.63, 3.8) is 0 Å². The molecule has 5 heteroatoms. The summed E-state index contributed by atoms with van der Waals surface area (Å²) in [5.74, 6) is -0.620. The molecule has 1 aliphatic heterocycles. The Kier molecular flexibility index (Phi) is 4.31. The second-order valence-corrected chi connectivity index (χ2v) is 6.18. The Hall–Kier alpha value is -0.940. The van der Waals surface area contributed by atoms with Crippen LogP contribution in [0.2, 0.25) is 5.02 Å². The number of hydrogen-bond acceptors (Lipinski definition) is 2. The maximum Gasteiger partial charge on any atom is 0.148 e. The van der Waals surface area contributed by atoms with Crippen LogP contribution in [-0.2, 0) is 11.2 Å². The van der Waals surface area contributed by atoms with Gasteiger partial charge >= 0.3 is 0 Å². The van der Waals surface area contributed by atoms with Gasteiger partial charge in [-0.25, -0.2) is 4.39 Å². The van der Waals surface area contributed by atoms with Gasteiger partial charge in [-0.3, -0.25) is 0 Å². The van der Waals surface area contributed by atoms with Gasteiger partial charge in [0.15, 0.2) is 0 Å². The third-order valence-corrected chi connectivity index (χ3v) is 4.96. The fraction of sp³-hybridized carbons (Fsp3) is 0.250. The molecule has 21 heavy (non-hydrogen) atoms. The van der Waals surface area contributed by atoms with E-state index < -0.39 is 18.0 Å². The van der Waals surface area contributed by atoms with Gasteiger partial charge in [-0.15, -0.1) is 0 Å². The average molecular weight is 372 g/mol. The molecule has 0 aromatic heterocycles. The van der Waals surface area contributed by atoms with Crippen molar-refractivity contribution in [1.29, 1.82) is 0 Å². The summed E-state index contributed by atoms with van der Waals surface area (Å²) < 4.78 is 20.4. The summed E-state index contributed by atoms with van der Waals surface area (Å²) in [4.78, 5) is 0. The predicted octanol–water partition coefficient (Wildman–Crippen LogP) is 4.59. The standard InChI is InChI=1S/C16H13BrClFO2/c17-12-6-5-11(14(19)13(12)18)15(20)16-10-4-2-1-3-9(10)7-8-21-16/h1-6,15-16,20H,7-8H2. The molecule has 0 bridgehead atoms. The monoisotopic (exact) mass is 370 g/mol. The van der Waals surface area contributed by atoms with Crippen LogP contribution in [0.4, 0.5) is 4.39 Å². The molecule has 0 aliphatic carbocycles. The maximum absolute atomic E-state index is 14.3. The third-order valence-electron chi connectivity index (χ3n) is 3.70. The first kappa shape index (κ1) is 15.0. The van der Waals surface area contributed by atoms with E-state index in [0.717, 1.165) is 17.5 Å². The second kappa shape index (κ2) is 6.05. The van der Waals surface area contributed by atoms with E-state index in [1.165, 1.54) is 6.07 Å². The summed E-state index contributed by atoms with van der Waals surface area (Å²) in [5.41, 5.74) is 2.16. The minimum atomic E-state index is -1.10. The van der Waals surface area contributed by atoms with Gasteiger partial charge in [0.1, 0.15) is 18.0 Å². The molecule has 2 atom stereocenters. The van der Waals surface area contributed by atoms with Gasteiger partial charge in [0.05, 0.1) is 11.6 Å². The van der Waals surface area contributed by atoms with Crippen molar-refractivity contribution in [2.45, 2.75) is 18.6 Å². The van der Waals surface area contributed by atoms with Crippen LogP contribution in [0.25, 0.3) is 0 Å². The van der Waals surface area contributed by atoms with Crippen molar-refractivity contribution < 1.29 is 14.2 Å². The van der Waals surface area contributed by atoms with Crippen LogP contribution in [-0.4, -0.2) is 11.7 Å². The predicted molar refractivity (Wildman–Crippen MR) is 82.9 cm³/mol. The first-order valence-corrected chi connectivity index (χ1v) is 7.77. The highest BCUT2D eigenvalue weighted by molar-refractivity contribution is 9.10. The van der Waals surface area contributed by atoms with E-state index in [-0.39, 0.29) is 10.6 Å². The lowest BCUT2D eigenvalue weighted by Crippen LogP contribution is -2.22. The molecule has 0 radical (unpaired) electrons. The fourth-order valence-corrected chi connectivity index (χ4v) is 3.10. The van der Waals surface area contributed by atoms with Crippen LogP contribution in [0.15, 0.2) is 40.9 Å². The first-order chi connectivity index (χ1) is 10.1. The molecule has 3 rings (SSSR count). The van der Waals surface area contributed by atoms with Gasteiger partial charge in [-0.1, -0.05) is 41.9 Å². The van der Waals surface area contributed by atoms with Crippen LogP contribution in [0, 0.1) is 5.82 Å². The largest absolute Gasteiger partial charge is 0.385 e. The third kappa shape index (κ3) is 2.73. The van der Waals surface area contributed by atoms with Crippen molar-refractivity contribution in [2.24, 2.45) is 0 Å². The summed E-state index contributed by atoms with van der Waals surface area (Å²) in [6.45, 7) is 0.505. The number of rotatable bonds is 2. The van der Waals surface area contributed by atoms with E-state index >= 15 is 0 Å². The Morgan fingerprint density at radius 3 is 2.86 bits per heavy atom. The zero-order valence-corrected chi connectivity index (χ0v) is 13.4. The molecule has 0 saturated heterocycles. The normalized spacial score (nSPS) is 19.1. The average Bonchev–Trinajstić information content (AvgIpc) is 2.51. The number of aliphatic hydroxyl groups is 1. The molecule has 1 aliphatic rings. The van der Waals surface area contributed by atoms with Crippen molar-refractivity contribution in [2.75, 3.05) is 6.61 Å². The molecule has 2 nitrogen and oxygen atoms in total. The summed E-state index contributed by atoms with van der Waals surface area (Å²) in [5, 5.41) is 10.5. The molecule has 0 fully saturated rings. The molecule has 0 saturated carbocycles. The fourth-order valence-electron chi connectivity index (χ4n) is 2.62. The molecule has 2 aromatic rings. The number of aliphatic hydroxyl groups excluding tert-OH is 1. The van der Waals surface area contributed by atoms with Gasteiger partial charge in [0.2, 0.25) is 0 Å². The van der Waals surface area contributed by atoms with Crippen molar-refractivity contribution in [1.82, 2.24) is 0 Å². The first-order valence-electron chi connectivity index (χ1n) is 6.60. The molecule has 0 spiro atoms. The second-order valence-electron chi connectivity index (χ2n) is 4.95. The number of ether oxygens (including phenoxy) is 1. The lowest BCUT2D eigenvalue weighted by molar-refractivity contribution is -0.0495. The highest BCUT2D eigenvalue weighted by Crippen LogP contribution is 2.39. The van der Waals surface area contributed by atoms with E-state index in [2.05, 4.69) is 15.9 Å². The van der Waals surface area contributed by atoms with Crippen molar-refractivity contribution in [3.8, 4) is 0 Å². The van der Waals surface area contributed by atoms with Crippen molar-refractivity contribution >= 4 is 27.5 Å². The Morgan fingerprint density at radius 1 is 1.29 bits per heavy atom. The number of benzene rings is 2. The SMILES string of the molecule is OC(c1ccc(Br)c(Cl)c1F)C1OCCc2ccccc21. The molecular formula is C16H13BrClFO2. The highest BCUT2D eigenvalue weighted by Gasteiger charge is 2.31. The Labute approximate surface area is 135 Å². The van der Waals surface area contributed by atoms with E-state index in [9.17, 15) is 9.50 Å². The van der Waals surface area contributed by atoms with Gasteiger partial charge in [0.25, 0.3) is 0 Å². The van der Waals surface area contributed by atoms with E-state index in [0.29, 0.717) is 11.1 Å². The highest BCUT2D eigenvalue weighted by atomic mass is 79.9. The van der Waals surface area contributed by atoms with Crippen LogP contribution < -0.4 is 0 Å². The van der Waals surface area contributed by atoms with Crippen LogP contribution in [0.3, 0.4) is 0 Å². The van der Waals surface area contributed by atoms with E-state index in [4.69, 9.17) is 16.3 Å². The van der Waals surface area contributed by atoms with Crippen LogP contribution >= 0.6 is 27.5 Å². The zero-order chi connectivity index (χ0) is 15.0. The zero-order valence-electron chi connectivity index (χ0n) is 11.0. The van der Waals surface area contributed by atoms with Crippen LogP contribution in [0.5, 0.6) is 0 Å². The summed E-state index contributed by atoms with van der Waals surface area (Å²) in [7, 11) is 0. The lowest BCUT2D eigenvalue weighted by atomic mass is 9.91. The molecular weight excluding hydrogens is 359 g/mol. The molecule has 1 heterocycles. The Morgan fingerprint density at radius 2 is 2.05 bits per heavy atom. The van der Waals surface area contributed by atoms with Gasteiger partial charge < -0.3 is 9.84 Å². The topological polar surface area (TPSA) is 29.5 Å². The minimum Gasteiger partial charge on any atom is -0.385 e. The van der Waals surface area contributed by atoms with E-state index in [1.54, 1.807) is 6.07 Å². The number of hydrogen-bond donors (Lipinski definition) is 1. The van der Waals surface area contributed by atoms with Crippen molar-refractivity contribution in [3.05, 3.63) is 68.4 Å². The molecule has 2 unspecified atom stereocenters. The summed E-state index contributed by atoms with van der Waals surface area (Å²) in [6.07, 6.45) is -0.887. The van der Waals surface area contributed by atoms with Gasteiger partial charge in [-0.05, 0) is 39.5 Å². The summed E-state index contributed by atoms with van der Waals surface area (Å²) >= 11 is 9.06. The lowest BCUT2D eigenvalue weighted by Gasteiger charge is -2.30.